The number of hydrogen-bond donors (Lipinski definition) is 4. The summed E-state index contributed by atoms with van der Waals surface area (Å²) in [6, 6.07) is 19.8. The number of nitrogens with one attached hydrogen (secondary N) is 3. The highest BCUT2D eigenvalue weighted by Crippen LogP contribution is 2.45. The van der Waals surface area contributed by atoms with Gasteiger partial charge >= 0.3 is 0 Å². The minimum atomic E-state index is -4.56. The predicted octanol–water partition coefficient (Wildman–Crippen LogP) is 8.65. The van der Waals surface area contributed by atoms with Gasteiger partial charge in [0.15, 0.2) is 5.75 Å². The summed E-state index contributed by atoms with van der Waals surface area (Å²) in [5, 5.41) is 17.7. The van der Waals surface area contributed by atoms with Gasteiger partial charge in [0, 0.05) is 62.1 Å². The Morgan fingerprint density at radius 2 is 1.80 bits per heavy atom. The van der Waals surface area contributed by atoms with Gasteiger partial charge in [-0.1, -0.05) is 38.1 Å². The Labute approximate surface area is 380 Å². The number of piperidine rings is 1. The number of likely N-dealkylation sites (tertiary alicyclic amines) is 1. The summed E-state index contributed by atoms with van der Waals surface area (Å²) in [6.45, 7) is 13.5. The number of carbonyl (C=O) groups excluding carboxylic acids is 1. The third-order valence-corrected chi connectivity index (χ3v) is 15.3. The first-order chi connectivity index (χ1) is 31.2. The molecule has 3 aromatic carbocycles. The van der Waals surface area contributed by atoms with Crippen molar-refractivity contribution in [1.29, 1.82) is 0 Å². The normalized spacial score (nSPS) is 21.8. The van der Waals surface area contributed by atoms with E-state index in [9.17, 15) is 23.2 Å². The molecule has 1 saturated carbocycles. The van der Waals surface area contributed by atoms with E-state index < -0.39 is 21.5 Å². The third kappa shape index (κ3) is 9.38. The van der Waals surface area contributed by atoms with Crippen LogP contribution in [0.5, 0.6) is 23.1 Å². The van der Waals surface area contributed by atoms with Crippen LogP contribution in [0, 0.1) is 16.2 Å². The fourth-order valence-electron chi connectivity index (χ4n) is 10.2. The third-order valence-electron chi connectivity index (χ3n) is 14.0. The van der Waals surface area contributed by atoms with E-state index in [2.05, 4.69) is 73.1 Å². The Balaban J connectivity index is 0.927. The molecule has 344 valence electrons. The number of sulfonamides is 1. The molecule has 1 unspecified atom stereocenters. The molecule has 2 saturated heterocycles. The molecule has 65 heavy (non-hydrogen) atoms. The summed E-state index contributed by atoms with van der Waals surface area (Å²) in [4.78, 5) is 38.5. The first kappa shape index (κ1) is 44.5. The Kier molecular flexibility index (Phi) is 12.3. The van der Waals surface area contributed by atoms with Gasteiger partial charge in [-0.05, 0) is 123 Å². The first-order valence-corrected chi connectivity index (χ1v) is 24.4. The summed E-state index contributed by atoms with van der Waals surface area (Å²) in [5.41, 5.74) is 3.96. The highest BCUT2D eigenvalue weighted by Gasteiger charge is 2.44. The van der Waals surface area contributed by atoms with Crippen molar-refractivity contribution < 1.29 is 32.5 Å². The maximum absolute atomic E-state index is 14.2. The number of benzene rings is 3. The number of nitrogens with zero attached hydrogens (tertiary/aromatic N) is 4. The van der Waals surface area contributed by atoms with Crippen LogP contribution in [0.25, 0.3) is 11.0 Å². The van der Waals surface area contributed by atoms with Crippen LogP contribution in [0.1, 0.15) is 93.6 Å². The number of pyridine rings is 1. The van der Waals surface area contributed by atoms with E-state index in [1.807, 2.05) is 26.0 Å². The highest BCUT2D eigenvalue weighted by atomic mass is 32.2. The molecule has 4 N–H and O–H groups in total. The van der Waals surface area contributed by atoms with E-state index in [0.29, 0.717) is 36.7 Å². The first-order valence-electron chi connectivity index (χ1n) is 22.9. The second kappa shape index (κ2) is 17.9. The van der Waals surface area contributed by atoms with E-state index in [-0.39, 0.29) is 63.3 Å². The number of nitroso groups, excluding NO2 is 1. The molecule has 5 heterocycles. The Bertz CT molecular complexity index is 2680. The SMILES string of the molecule is CCOc1nc2[nH]ccc2cc1Oc1cc(N2CCC3(CC2)CN(CCc2ccccc2C(C)C)C3)ccc1C(=O)NS(=O)(=O)c1cc(N=O)c2c(c1)OCC(C1CCC(C)(O)CC1)N2. The van der Waals surface area contributed by atoms with Crippen molar-refractivity contribution in [2.45, 2.75) is 95.1 Å². The topological polar surface area (TPSA) is 188 Å². The van der Waals surface area contributed by atoms with Crippen molar-refractivity contribution in [3.05, 3.63) is 94.5 Å². The second-order valence-electron chi connectivity index (χ2n) is 19.0. The number of aromatic amines is 1. The number of aliphatic hydroxyl groups is 1. The lowest BCUT2D eigenvalue weighted by molar-refractivity contribution is -0.0172. The van der Waals surface area contributed by atoms with E-state index in [1.165, 1.54) is 17.2 Å². The molecular formula is C49H59N7O8S. The summed E-state index contributed by atoms with van der Waals surface area (Å²) < 4.78 is 48.6. The molecule has 1 aliphatic carbocycles. The average molecular weight is 906 g/mol. The van der Waals surface area contributed by atoms with Gasteiger partial charge in [0.25, 0.3) is 21.8 Å². The van der Waals surface area contributed by atoms with Gasteiger partial charge in [-0.25, -0.2) is 13.1 Å². The minimum Gasteiger partial charge on any atom is -0.489 e. The van der Waals surface area contributed by atoms with E-state index in [0.717, 1.165) is 82.0 Å². The Morgan fingerprint density at radius 1 is 1.03 bits per heavy atom. The molecule has 9 rings (SSSR count). The summed E-state index contributed by atoms with van der Waals surface area (Å²) in [5.74, 6) is 0.481. The van der Waals surface area contributed by atoms with Gasteiger partial charge in [0.05, 0.1) is 28.7 Å². The minimum absolute atomic E-state index is 0.0324. The molecule has 1 spiro atoms. The van der Waals surface area contributed by atoms with Crippen LogP contribution in [0.3, 0.4) is 0 Å². The van der Waals surface area contributed by atoms with Crippen LogP contribution in [0.4, 0.5) is 17.1 Å². The summed E-state index contributed by atoms with van der Waals surface area (Å²) >= 11 is 0. The van der Waals surface area contributed by atoms with Crippen molar-refractivity contribution in [3.63, 3.8) is 0 Å². The molecular weight excluding hydrogens is 847 g/mol. The summed E-state index contributed by atoms with van der Waals surface area (Å²) in [7, 11) is -4.56. The van der Waals surface area contributed by atoms with Crippen molar-refractivity contribution in [3.8, 4) is 23.1 Å². The Hall–Kier alpha value is -5.71. The van der Waals surface area contributed by atoms with Crippen LogP contribution in [-0.2, 0) is 16.4 Å². The second-order valence-corrected chi connectivity index (χ2v) is 20.6. The molecule has 3 aliphatic heterocycles. The van der Waals surface area contributed by atoms with Gasteiger partial charge in [-0.3, -0.25) is 4.79 Å². The van der Waals surface area contributed by atoms with Crippen LogP contribution < -0.4 is 29.1 Å². The number of amides is 1. The molecule has 4 aliphatic rings. The quantitative estimate of drug-likeness (QED) is 0.0778. The lowest BCUT2D eigenvalue weighted by Gasteiger charge is -2.54. The zero-order chi connectivity index (χ0) is 45.5. The van der Waals surface area contributed by atoms with Gasteiger partial charge < -0.3 is 39.4 Å². The number of hydrogen-bond acceptors (Lipinski definition) is 13. The Morgan fingerprint density at radius 3 is 2.54 bits per heavy atom. The number of fused-ring (bicyclic) bond motifs is 2. The number of H-pyrrole nitrogens is 1. The predicted molar refractivity (Wildman–Crippen MR) is 250 cm³/mol. The molecule has 0 radical (unpaired) electrons. The van der Waals surface area contributed by atoms with Crippen LogP contribution in [0.2, 0.25) is 0 Å². The number of ether oxygens (including phenoxy) is 3. The zero-order valence-corrected chi connectivity index (χ0v) is 38.4. The molecule has 5 aromatic rings. The van der Waals surface area contributed by atoms with Crippen LogP contribution in [-0.4, -0.2) is 91.9 Å². The molecule has 16 heteroatoms. The highest BCUT2D eigenvalue weighted by molar-refractivity contribution is 7.90. The average Bonchev–Trinajstić information content (AvgIpc) is 3.74. The monoisotopic (exact) mass is 905 g/mol. The van der Waals surface area contributed by atoms with Crippen molar-refractivity contribution in [2.24, 2.45) is 16.5 Å². The smallest absolute Gasteiger partial charge is 0.268 e. The summed E-state index contributed by atoms with van der Waals surface area (Å²) in [6.07, 6.45) is 7.68. The number of rotatable bonds is 14. The van der Waals surface area contributed by atoms with Crippen LogP contribution >= 0.6 is 0 Å². The molecule has 1 amide bonds. The van der Waals surface area contributed by atoms with Crippen LogP contribution in [0.15, 0.2) is 83.0 Å². The number of aromatic nitrogens is 2. The van der Waals surface area contributed by atoms with E-state index >= 15 is 0 Å². The van der Waals surface area contributed by atoms with Crippen molar-refractivity contribution >= 4 is 44.0 Å². The number of anilines is 2. The molecule has 3 fully saturated rings. The molecule has 15 nitrogen and oxygen atoms in total. The van der Waals surface area contributed by atoms with Gasteiger partial charge in [0.2, 0.25) is 0 Å². The van der Waals surface area contributed by atoms with E-state index in [4.69, 9.17) is 14.2 Å². The fraction of sp³-hybridized carbons (Fsp3) is 0.469. The maximum Gasteiger partial charge on any atom is 0.268 e. The lowest BCUT2D eigenvalue weighted by Crippen LogP contribution is -2.60. The van der Waals surface area contributed by atoms with Crippen molar-refractivity contribution in [2.75, 3.05) is 56.2 Å². The van der Waals surface area contributed by atoms with Gasteiger partial charge in [-0.2, -0.15) is 4.98 Å². The van der Waals surface area contributed by atoms with Crippen molar-refractivity contribution in [1.82, 2.24) is 19.6 Å². The molecule has 2 aromatic heterocycles. The standard InChI is InChI=1S/C49H59N7O8S/c1-5-62-47-43(24-34-14-20-50-45(34)52-47)64-41-25-35(56-22-18-49(19-23-56)29-55(30-49)21-15-32-8-6-7-9-37(32)31(2)3)10-11-38(41)46(57)54-65(60,61)36-26-39(53-59)44-42(27-36)63-28-40(51-44)33-12-16-48(4,58)17-13-33/h6-11,14,20,24-27,31,33,40,51,58H,5,12-13,15-19,21-23,28-30H2,1-4H3,(H,50,52)(H,54,57). The molecule has 1 atom stereocenters. The number of carbonyl (C=O) groups is 1. The molecule has 0 bridgehead atoms. The largest absolute Gasteiger partial charge is 0.489 e. The van der Waals surface area contributed by atoms with E-state index in [1.54, 1.807) is 24.4 Å². The fourth-order valence-corrected chi connectivity index (χ4v) is 11.2. The van der Waals surface area contributed by atoms with Gasteiger partial charge in [-0.15, -0.1) is 4.91 Å². The van der Waals surface area contributed by atoms with Gasteiger partial charge in [0.1, 0.15) is 35.1 Å². The lowest BCUT2D eigenvalue weighted by atomic mass is 9.71. The maximum atomic E-state index is 14.2. The zero-order valence-electron chi connectivity index (χ0n) is 37.6.